The Labute approximate surface area is 152 Å². The molecule has 0 saturated carbocycles. The van der Waals surface area contributed by atoms with Crippen LogP contribution in [0.3, 0.4) is 0 Å². The zero-order valence-electron chi connectivity index (χ0n) is 13.4. The molecule has 1 amide bonds. The second-order valence-corrected chi connectivity index (χ2v) is 7.12. The Bertz CT molecular complexity index is 828. The van der Waals surface area contributed by atoms with Gasteiger partial charge in [-0.1, -0.05) is 30.0 Å². The fraction of sp³-hybridized carbons (Fsp3) is 0.235. The molecule has 2 aromatic heterocycles. The molecule has 0 bridgehead atoms. The molecule has 0 aliphatic carbocycles. The molecule has 3 aromatic rings. The lowest BCUT2D eigenvalue weighted by molar-refractivity contribution is -0.152. The maximum atomic E-state index is 11.9. The number of nitrogens with zero attached hydrogens (tertiary/aromatic N) is 1. The lowest BCUT2D eigenvalue weighted by atomic mass is 10.3. The van der Waals surface area contributed by atoms with Crippen molar-refractivity contribution < 1.29 is 18.7 Å². The number of thiophene rings is 1. The molecule has 0 radical (unpaired) electrons. The van der Waals surface area contributed by atoms with Crippen LogP contribution >= 0.6 is 23.1 Å². The highest BCUT2D eigenvalue weighted by molar-refractivity contribution is 7.99. The molecular formula is C17H16N2O4S2. The number of benzene rings is 1. The second kappa shape index (κ2) is 8.17. The van der Waals surface area contributed by atoms with Crippen LogP contribution < -0.4 is 5.32 Å². The van der Waals surface area contributed by atoms with E-state index >= 15 is 0 Å². The molecule has 8 heteroatoms. The van der Waals surface area contributed by atoms with Gasteiger partial charge in [0.2, 0.25) is 0 Å². The summed E-state index contributed by atoms with van der Waals surface area (Å²) in [7, 11) is 0. The summed E-state index contributed by atoms with van der Waals surface area (Å²) >= 11 is 2.69. The fourth-order valence-electron chi connectivity index (χ4n) is 2.05. The number of carbonyl (C=O) groups is 2. The number of rotatable bonds is 7. The van der Waals surface area contributed by atoms with Gasteiger partial charge in [-0.25, -0.2) is 4.98 Å². The number of thioether (sulfide) groups is 1. The van der Waals surface area contributed by atoms with E-state index in [1.165, 1.54) is 0 Å². The summed E-state index contributed by atoms with van der Waals surface area (Å²) in [6.07, 6.45) is -0.850. The minimum atomic E-state index is -0.850. The number of para-hydroxylation sites is 2. The number of aromatic nitrogens is 1. The van der Waals surface area contributed by atoms with Crippen LogP contribution in [0, 0.1) is 0 Å². The summed E-state index contributed by atoms with van der Waals surface area (Å²) in [6, 6.07) is 11.2. The van der Waals surface area contributed by atoms with Gasteiger partial charge in [-0.15, -0.1) is 11.3 Å². The highest BCUT2D eigenvalue weighted by atomic mass is 32.2. The second-order valence-electron chi connectivity index (χ2n) is 5.17. The molecule has 6 nitrogen and oxygen atoms in total. The Morgan fingerprint density at radius 1 is 1.32 bits per heavy atom. The predicted molar refractivity (Wildman–Crippen MR) is 96.5 cm³/mol. The number of amides is 1. The molecule has 1 atom stereocenters. The summed E-state index contributed by atoms with van der Waals surface area (Å²) in [5.74, 6) is -0.797. The van der Waals surface area contributed by atoms with E-state index in [4.69, 9.17) is 9.15 Å². The van der Waals surface area contributed by atoms with Crippen molar-refractivity contribution in [3.05, 3.63) is 46.7 Å². The van der Waals surface area contributed by atoms with Gasteiger partial charge in [-0.05, 0) is 30.5 Å². The van der Waals surface area contributed by atoms with Crippen LogP contribution in [0.1, 0.15) is 11.8 Å². The van der Waals surface area contributed by atoms with Gasteiger partial charge < -0.3 is 14.5 Å². The monoisotopic (exact) mass is 376 g/mol. The molecule has 0 aliphatic heterocycles. The zero-order chi connectivity index (χ0) is 17.6. The fourth-order valence-corrected chi connectivity index (χ4v) is 3.31. The number of hydrogen-bond donors (Lipinski definition) is 1. The number of nitrogens with one attached hydrogen (secondary N) is 1. The average Bonchev–Trinajstić information content (AvgIpc) is 3.26. The van der Waals surface area contributed by atoms with Crippen molar-refractivity contribution in [1.29, 1.82) is 0 Å². The van der Waals surface area contributed by atoms with E-state index in [9.17, 15) is 9.59 Å². The van der Waals surface area contributed by atoms with Crippen LogP contribution in [0.25, 0.3) is 11.1 Å². The van der Waals surface area contributed by atoms with E-state index in [0.29, 0.717) is 17.4 Å². The van der Waals surface area contributed by atoms with Crippen LogP contribution in [0.4, 0.5) is 0 Å². The quantitative estimate of drug-likeness (QED) is 0.504. The summed E-state index contributed by atoms with van der Waals surface area (Å²) < 4.78 is 10.7. The minimum Gasteiger partial charge on any atom is -0.452 e. The van der Waals surface area contributed by atoms with Crippen molar-refractivity contribution in [2.24, 2.45) is 0 Å². The van der Waals surface area contributed by atoms with Gasteiger partial charge in [0.15, 0.2) is 11.7 Å². The Balaban J connectivity index is 1.44. The lowest BCUT2D eigenvalue weighted by Crippen LogP contribution is -2.35. The normalized spacial score (nSPS) is 12.0. The third-order valence-electron chi connectivity index (χ3n) is 3.28. The molecule has 0 aliphatic rings. The molecule has 25 heavy (non-hydrogen) atoms. The van der Waals surface area contributed by atoms with Gasteiger partial charge in [0.05, 0.1) is 6.54 Å². The van der Waals surface area contributed by atoms with Crippen LogP contribution in [0.15, 0.2) is 51.4 Å². The standard InChI is InChI=1S/C17H16N2O4S2/c1-11(16(21)18-9-12-5-4-8-24-12)22-15(20)10-25-17-19-13-6-2-3-7-14(13)23-17/h2-8,11H,9-10H2,1H3,(H,18,21)/t11-/m1/s1. The largest absolute Gasteiger partial charge is 0.452 e. The Hall–Kier alpha value is -2.32. The number of esters is 1. The van der Waals surface area contributed by atoms with Gasteiger partial charge in [-0.3, -0.25) is 9.59 Å². The van der Waals surface area contributed by atoms with E-state index in [-0.39, 0.29) is 11.7 Å². The van der Waals surface area contributed by atoms with E-state index in [1.807, 2.05) is 41.8 Å². The molecule has 130 valence electrons. The minimum absolute atomic E-state index is 0.0232. The summed E-state index contributed by atoms with van der Waals surface area (Å²) in [5, 5.41) is 5.07. The predicted octanol–water partition coefficient (Wildman–Crippen LogP) is 3.23. The van der Waals surface area contributed by atoms with Crippen molar-refractivity contribution >= 4 is 46.1 Å². The van der Waals surface area contributed by atoms with E-state index in [0.717, 1.165) is 22.2 Å². The molecule has 1 N–H and O–H groups in total. The van der Waals surface area contributed by atoms with Crippen molar-refractivity contribution in [3.8, 4) is 0 Å². The van der Waals surface area contributed by atoms with E-state index < -0.39 is 12.1 Å². The molecule has 0 fully saturated rings. The highest BCUT2D eigenvalue weighted by Gasteiger charge is 2.18. The molecular weight excluding hydrogens is 360 g/mol. The van der Waals surface area contributed by atoms with E-state index in [1.54, 1.807) is 18.3 Å². The number of fused-ring (bicyclic) bond motifs is 1. The average molecular weight is 376 g/mol. The van der Waals surface area contributed by atoms with Crippen molar-refractivity contribution in [3.63, 3.8) is 0 Å². The zero-order valence-corrected chi connectivity index (χ0v) is 15.1. The summed E-state index contributed by atoms with van der Waals surface area (Å²) in [5.41, 5.74) is 1.40. The van der Waals surface area contributed by atoms with Crippen LogP contribution in [-0.4, -0.2) is 28.7 Å². The molecule has 2 heterocycles. The first-order chi connectivity index (χ1) is 12.1. The van der Waals surface area contributed by atoms with Gasteiger partial charge in [0.1, 0.15) is 11.3 Å². The summed E-state index contributed by atoms with van der Waals surface area (Å²) in [6.45, 7) is 1.97. The number of carbonyl (C=O) groups excluding carboxylic acids is 2. The molecule has 1 aromatic carbocycles. The molecule has 3 rings (SSSR count). The smallest absolute Gasteiger partial charge is 0.317 e. The molecule has 0 spiro atoms. The number of hydrogen-bond acceptors (Lipinski definition) is 7. The summed E-state index contributed by atoms with van der Waals surface area (Å²) in [4.78, 5) is 29.1. The van der Waals surface area contributed by atoms with Crippen molar-refractivity contribution in [2.75, 3.05) is 5.75 Å². The lowest BCUT2D eigenvalue weighted by Gasteiger charge is -2.12. The number of ether oxygens (including phenoxy) is 1. The Kier molecular flexibility index (Phi) is 5.72. The van der Waals surface area contributed by atoms with Crippen LogP contribution in [0.2, 0.25) is 0 Å². The highest BCUT2D eigenvalue weighted by Crippen LogP contribution is 2.23. The maximum absolute atomic E-state index is 11.9. The van der Waals surface area contributed by atoms with Crippen molar-refractivity contribution in [1.82, 2.24) is 10.3 Å². The van der Waals surface area contributed by atoms with E-state index in [2.05, 4.69) is 10.3 Å². The number of oxazole rings is 1. The maximum Gasteiger partial charge on any atom is 0.317 e. The first-order valence-corrected chi connectivity index (χ1v) is 9.46. The first kappa shape index (κ1) is 17.5. The van der Waals surface area contributed by atoms with Crippen LogP contribution in [0.5, 0.6) is 0 Å². The van der Waals surface area contributed by atoms with Gasteiger partial charge in [0.25, 0.3) is 11.1 Å². The van der Waals surface area contributed by atoms with Gasteiger partial charge in [0, 0.05) is 4.88 Å². The third kappa shape index (κ3) is 4.83. The Morgan fingerprint density at radius 2 is 2.16 bits per heavy atom. The molecule has 0 unspecified atom stereocenters. The SMILES string of the molecule is C[C@@H](OC(=O)CSc1nc2ccccc2o1)C(=O)NCc1cccs1. The third-order valence-corrected chi connectivity index (χ3v) is 4.96. The topological polar surface area (TPSA) is 81.4 Å². The Morgan fingerprint density at radius 3 is 2.92 bits per heavy atom. The van der Waals surface area contributed by atoms with Crippen LogP contribution in [-0.2, 0) is 20.9 Å². The van der Waals surface area contributed by atoms with Gasteiger partial charge in [-0.2, -0.15) is 0 Å². The van der Waals surface area contributed by atoms with Crippen molar-refractivity contribution in [2.45, 2.75) is 24.8 Å². The van der Waals surface area contributed by atoms with Gasteiger partial charge >= 0.3 is 5.97 Å². The molecule has 0 saturated heterocycles. The first-order valence-electron chi connectivity index (χ1n) is 7.60.